The predicted octanol–water partition coefficient (Wildman–Crippen LogP) is 2.42. The van der Waals surface area contributed by atoms with Crippen molar-refractivity contribution in [3.8, 4) is 0 Å². The summed E-state index contributed by atoms with van der Waals surface area (Å²) in [5.74, 6) is 0.969. The lowest BCUT2D eigenvalue weighted by molar-refractivity contribution is 0.250. The van der Waals surface area contributed by atoms with Gasteiger partial charge >= 0.3 is 0 Å². The average Bonchev–Trinajstić information content (AvgIpc) is 2.98. The fourth-order valence-electron chi connectivity index (χ4n) is 2.46. The Bertz CT molecular complexity index is 532. The van der Waals surface area contributed by atoms with Crippen LogP contribution in [0.4, 0.5) is 5.13 Å². The van der Waals surface area contributed by atoms with E-state index in [1.165, 1.54) is 17.1 Å². The Morgan fingerprint density at radius 2 is 1.85 bits per heavy atom. The lowest BCUT2D eigenvalue weighted by Crippen LogP contribution is -2.45. The Morgan fingerprint density at radius 1 is 1.10 bits per heavy atom. The first-order valence-corrected chi connectivity index (χ1v) is 7.96. The summed E-state index contributed by atoms with van der Waals surface area (Å²) >= 11 is 1.53. The maximum atomic E-state index is 4.58. The maximum Gasteiger partial charge on any atom is 0.205 e. The largest absolute Gasteiger partial charge is 0.344 e. The average molecular weight is 288 g/mol. The molecule has 4 nitrogen and oxygen atoms in total. The fourth-order valence-corrected chi connectivity index (χ4v) is 3.26. The van der Waals surface area contributed by atoms with Crippen molar-refractivity contribution in [1.29, 1.82) is 0 Å². The van der Waals surface area contributed by atoms with Crippen LogP contribution in [-0.2, 0) is 13.0 Å². The molecule has 1 aliphatic heterocycles. The number of benzene rings is 1. The third-order valence-electron chi connectivity index (χ3n) is 3.67. The number of rotatable bonds is 4. The van der Waals surface area contributed by atoms with E-state index in [4.69, 9.17) is 0 Å². The van der Waals surface area contributed by atoms with Gasteiger partial charge in [-0.15, -0.1) is 0 Å². The van der Waals surface area contributed by atoms with Gasteiger partial charge in [-0.2, -0.15) is 4.37 Å². The first-order chi connectivity index (χ1) is 9.85. The summed E-state index contributed by atoms with van der Waals surface area (Å²) in [6.07, 6.45) is 0.921. The molecule has 1 aromatic carbocycles. The molecule has 0 radical (unpaired) electrons. The first-order valence-electron chi connectivity index (χ1n) is 7.19. The van der Waals surface area contributed by atoms with Gasteiger partial charge in [0.15, 0.2) is 0 Å². The van der Waals surface area contributed by atoms with E-state index in [1.807, 2.05) is 0 Å². The van der Waals surface area contributed by atoms with Gasteiger partial charge in [0.25, 0.3) is 0 Å². The van der Waals surface area contributed by atoms with E-state index in [1.54, 1.807) is 0 Å². The molecule has 1 fully saturated rings. The van der Waals surface area contributed by atoms with Gasteiger partial charge in [-0.05, 0) is 5.56 Å². The van der Waals surface area contributed by atoms with Crippen LogP contribution in [0.15, 0.2) is 30.3 Å². The number of aromatic nitrogens is 2. The predicted molar refractivity (Wildman–Crippen MR) is 83.2 cm³/mol. The molecule has 0 bridgehead atoms. The van der Waals surface area contributed by atoms with Crippen molar-refractivity contribution >= 4 is 16.7 Å². The third kappa shape index (κ3) is 3.16. The van der Waals surface area contributed by atoms with Crippen LogP contribution in [0.3, 0.4) is 0 Å². The van der Waals surface area contributed by atoms with E-state index in [0.717, 1.165) is 50.1 Å². The maximum absolute atomic E-state index is 4.58. The fraction of sp³-hybridized carbons (Fsp3) is 0.467. The molecule has 106 valence electrons. The van der Waals surface area contributed by atoms with Crippen molar-refractivity contribution in [2.45, 2.75) is 19.9 Å². The van der Waals surface area contributed by atoms with Crippen molar-refractivity contribution < 1.29 is 0 Å². The Morgan fingerprint density at radius 3 is 2.50 bits per heavy atom. The number of piperazine rings is 1. The summed E-state index contributed by atoms with van der Waals surface area (Å²) in [4.78, 5) is 9.44. The van der Waals surface area contributed by atoms with E-state index in [2.05, 4.69) is 56.4 Å². The molecule has 0 N–H and O–H groups in total. The van der Waals surface area contributed by atoms with Gasteiger partial charge in [0.05, 0.1) is 0 Å². The SMILES string of the molecule is CCc1nsc(N2CCN(Cc3ccccc3)CC2)n1. The van der Waals surface area contributed by atoms with Crippen LogP contribution < -0.4 is 4.90 Å². The van der Waals surface area contributed by atoms with Crippen LogP contribution in [0.25, 0.3) is 0 Å². The molecule has 0 amide bonds. The van der Waals surface area contributed by atoms with Crippen LogP contribution in [0, 0.1) is 0 Å². The van der Waals surface area contributed by atoms with Crippen molar-refractivity contribution in [2.75, 3.05) is 31.1 Å². The normalized spacial score (nSPS) is 16.6. The Kier molecular flexibility index (Phi) is 4.28. The van der Waals surface area contributed by atoms with Gasteiger partial charge in [0.2, 0.25) is 5.13 Å². The minimum Gasteiger partial charge on any atom is -0.344 e. The van der Waals surface area contributed by atoms with E-state index in [-0.39, 0.29) is 0 Å². The molecule has 2 aromatic rings. The molecular weight excluding hydrogens is 268 g/mol. The Labute approximate surface area is 124 Å². The zero-order chi connectivity index (χ0) is 13.8. The smallest absolute Gasteiger partial charge is 0.205 e. The molecule has 0 atom stereocenters. The molecule has 20 heavy (non-hydrogen) atoms. The van der Waals surface area contributed by atoms with Gasteiger partial charge < -0.3 is 4.90 Å². The number of anilines is 1. The highest BCUT2D eigenvalue weighted by Crippen LogP contribution is 2.19. The number of nitrogens with zero attached hydrogens (tertiary/aromatic N) is 4. The number of hydrogen-bond acceptors (Lipinski definition) is 5. The van der Waals surface area contributed by atoms with Crippen molar-refractivity contribution in [2.24, 2.45) is 0 Å². The second-order valence-corrected chi connectivity index (χ2v) is 5.83. The summed E-state index contributed by atoms with van der Waals surface area (Å²) in [5.41, 5.74) is 1.39. The molecule has 1 aromatic heterocycles. The number of hydrogen-bond donors (Lipinski definition) is 0. The molecule has 0 aliphatic carbocycles. The molecule has 0 unspecified atom stereocenters. The summed E-state index contributed by atoms with van der Waals surface area (Å²) < 4.78 is 4.37. The molecule has 5 heteroatoms. The van der Waals surface area contributed by atoms with Crippen LogP contribution in [0.2, 0.25) is 0 Å². The topological polar surface area (TPSA) is 32.3 Å². The molecule has 0 spiro atoms. The minimum absolute atomic E-state index is 0.921. The Hall–Kier alpha value is -1.46. The first kappa shape index (κ1) is 13.5. The Balaban J connectivity index is 1.54. The van der Waals surface area contributed by atoms with Gasteiger partial charge in [0, 0.05) is 50.7 Å². The molecule has 2 heterocycles. The molecular formula is C15H20N4S. The standard InChI is InChI=1S/C15H20N4S/c1-2-14-16-15(20-17-14)19-10-8-18(9-11-19)12-13-6-4-3-5-7-13/h3-7H,2,8-12H2,1H3. The second-order valence-electron chi connectivity index (χ2n) is 5.10. The van der Waals surface area contributed by atoms with Gasteiger partial charge in [-0.3, -0.25) is 4.90 Å². The summed E-state index contributed by atoms with van der Waals surface area (Å²) in [7, 11) is 0. The van der Waals surface area contributed by atoms with Crippen LogP contribution in [0.1, 0.15) is 18.3 Å². The van der Waals surface area contributed by atoms with Gasteiger partial charge in [0.1, 0.15) is 5.82 Å². The zero-order valence-electron chi connectivity index (χ0n) is 11.8. The summed E-state index contributed by atoms with van der Waals surface area (Å²) in [6, 6.07) is 10.7. The van der Waals surface area contributed by atoms with E-state index in [0.29, 0.717) is 0 Å². The minimum atomic E-state index is 0.921. The van der Waals surface area contributed by atoms with E-state index in [9.17, 15) is 0 Å². The highest BCUT2D eigenvalue weighted by molar-refractivity contribution is 7.09. The highest BCUT2D eigenvalue weighted by Gasteiger charge is 2.19. The summed E-state index contributed by atoms with van der Waals surface area (Å²) in [5, 5.41) is 1.08. The van der Waals surface area contributed by atoms with Crippen molar-refractivity contribution in [1.82, 2.24) is 14.3 Å². The van der Waals surface area contributed by atoms with Crippen molar-refractivity contribution in [3.05, 3.63) is 41.7 Å². The molecule has 0 saturated carbocycles. The lowest BCUT2D eigenvalue weighted by Gasteiger charge is -2.34. The van der Waals surface area contributed by atoms with Crippen LogP contribution >= 0.6 is 11.5 Å². The molecule has 1 saturated heterocycles. The third-order valence-corrected chi connectivity index (χ3v) is 4.48. The van der Waals surface area contributed by atoms with Crippen LogP contribution in [0.5, 0.6) is 0 Å². The van der Waals surface area contributed by atoms with Crippen molar-refractivity contribution in [3.63, 3.8) is 0 Å². The number of aryl methyl sites for hydroxylation is 1. The second kappa shape index (κ2) is 6.33. The van der Waals surface area contributed by atoms with Gasteiger partial charge in [-0.25, -0.2) is 4.98 Å². The lowest BCUT2D eigenvalue weighted by atomic mass is 10.2. The van der Waals surface area contributed by atoms with E-state index >= 15 is 0 Å². The van der Waals surface area contributed by atoms with Crippen LogP contribution in [-0.4, -0.2) is 40.4 Å². The van der Waals surface area contributed by atoms with Gasteiger partial charge in [-0.1, -0.05) is 37.3 Å². The monoisotopic (exact) mass is 288 g/mol. The quantitative estimate of drug-likeness (QED) is 0.865. The highest BCUT2D eigenvalue weighted by atomic mass is 32.1. The zero-order valence-corrected chi connectivity index (χ0v) is 12.6. The molecule has 3 rings (SSSR count). The summed E-state index contributed by atoms with van der Waals surface area (Å²) in [6.45, 7) is 7.43. The van der Waals surface area contributed by atoms with E-state index < -0.39 is 0 Å². The molecule has 1 aliphatic rings.